The van der Waals surface area contributed by atoms with Gasteiger partial charge in [0.25, 0.3) is 5.91 Å². The summed E-state index contributed by atoms with van der Waals surface area (Å²) in [5.74, 6) is -0.380. The maximum atomic E-state index is 12.6. The van der Waals surface area contributed by atoms with Gasteiger partial charge in [0.15, 0.2) is 0 Å². The second kappa shape index (κ2) is 7.40. The van der Waals surface area contributed by atoms with E-state index in [1.54, 1.807) is 6.08 Å². The summed E-state index contributed by atoms with van der Waals surface area (Å²) in [4.78, 5) is 12.6. The van der Waals surface area contributed by atoms with Gasteiger partial charge in [0.1, 0.15) is 11.6 Å². The molecule has 4 nitrogen and oxygen atoms in total. The average molecular weight is 335 g/mol. The minimum absolute atomic E-state index is 0.103. The summed E-state index contributed by atoms with van der Waals surface area (Å²) >= 11 is 0. The summed E-state index contributed by atoms with van der Waals surface area (Å²) in [6, 6.07) is 10.2. The highest BCUT2D eigenvalue weighted by Gasteiger charge is 2.15. The first kappa shape index (κ1) is 18.5. The van der Waals surface area contributed by atoms with E-state index < -0.39 is 0 Å². The Morgan fingerprint density at radius 1 is 1.20 bits per heavy atom. The molecule has 0 saturated carbocycles. The fraction of sp³-hybridized carbons (Fsp3) is 0.333. The molecule has 0 unspecified atom stereocenters. The normalized spacial score (nSPS) is 11.5. The highest BCUT2D eigenvalue weighted by molar-refractivity contribution is 6.10. The summed E-state index contributed by atoms with van der Waals surface area (Å²) in [5.41, 5.74) is 5.89. The Kier molecular flexibility index (Phi) is 5.48. The lowest BCUT2D eigenvalue weighted by molar-refractivity contribution is -0.112. The Morgan fingerprint density at radius 3 is 2.28 bits per heavy atom. The smallest absolute Gasteiger partial charge is 0.266 e. The van der Waals surface area contributed by atoms with Crippen LogP contribution in [0.1, 0.15) is 48.0 Å². The largest absolute Gasteiger partial charge is 0.346 e. The Balaban J connectivity index is 2.37. The van der Waals surface area contributed by atoms with Crippen LogP contribution in [-0.2, 0) is 4.79 Å². The van der Waals surface area contributed by atoms with E-state index in [0.29, 0.717) is 6.04 Å². The minimum atomic E-state index is -0.380. The zero-order valence-corrected chi connectivity index (χ0v) is 15.8. The third-order valence-corrected chi connectivity index (χ3v) is 4.42. The van der Waals surface area contributed by atoms with E-state index in [0.717, 1.165) is 33.8 Å². The summed E-state index contributed by atoms with van der Waals surface area (Å²) in [6.45, 7) is 12.2. The van der Waals surface area contributed by atoms with Crippen molar-refractivity contribution in [3.63, 3.8) is 0 Å². The van der Waals surface area contributed by atoms with E-state index in [4.69, 9.17) is 0 Å². The number of anilines is 1. The standard InChI is InChI=1S/C21H25N3O/c1-13(2)24-16(5)10-18(17(24)6)11-19(12-22)21(25)23-20-14(3)8-7-9-15(20)4/h7-11,13H,1-6H3,(H,23,25)/b19-11+. The highest BCUT2D eigenvalue weighted by Crippen LogP contribution is 2.24. The van der Waals surface area contributed by atoms with Crippen LogP contribution in [0.15, 0.2) is 29.8 Å². The molecular weight excluding hydrogens is 310 g/mol. The monoisotopic (exact) mass is 335 g/mol. The van der Waals surface area contributed by atoms with E-state index in [2.05, 4.69) is 23.7 Å². The van der Waals surface area contributed by atoms with Gasteiger partial charge in [0.2, 0.25) is 0 Å². The molecule has 0 aliphatic rings. The Morgan fingerprint density at radius 2 is 1.80 bits per heavy atom. The molecule has 2 rings (SSSR count). The second-order valence-corrected chi connectivity index (χ2v) is 6.68. The van der Waals surface area contributed by atoms with Crippen molar-refractivity contribution >= 4 is 17.7 Å². The molecule has 4 heteroatoms. The number of benzene rings is 1. The molecule has 0 bridgehead atoms. The summed E-state index contributed by atoms with van der Waals surface area (Å²) in [7, 11) is 0. The van der Waals surface area contributed by atoms with Gasteiger partial charge in [0, 0.05) is 23.1 Å². The van der Waals surface area contributed by atoms with Crippen molar-refractivity contribution < 1.29 is 4.79 Å². The van der Waals surface area contributed by atoms with Crippen molar-refractivity contribution in [1.29, 1.82) is 5.26 Å². The topological polar surface area (TPSA) is 57.8 Å². The molecule has 0 aliphatic heterocycles. The van der Waals surface area contributed by atoms with Crippen LogP contribution in [0.3, 0.4) is 0 Å². The fourth-order valence-electron chi connectivity index (χ4n) is 3.24. The molecule has 0 saturated heterocycles. The van der Waals surface area contributed by atoms with Gasteiger partial charge in [-0.2, -0.15) is 5.26 Å². The first-order valence-corrected chi connectivity index (χ1v) is 8.44. The molecule has 25 heavy (non-hydrogen) atoms. The van der Waals surface area contributed by atoms with Crippen LogP contribution in [0.4, 0.5) is 5.69 Å². The Labute approximate surface area is 149 Å². The summed E-state index contributed by atoms with van der Waals surface area (Å²) in [5, 5.41) is 12.3. The van der Waals surface area contributed by atoms with Crippen LogP contribution in [-0.4, -0.2) is 10.5 Å². The van der Waals surface area contributed by atoms with Crippen LogP contribution in [0, 0.1) is 39.0 Å². The van der Waals surface area contributed by atoms with Gasteiger partial charge in [-0.05, 0) is 70.4 Å². The predicted octanol–water partition coefficient (Wildman–Crippen LogP) is 4.85. The van der Waals surface area contributed by atoms with Gasteiger partial charge < -0.3 is 9.88 Å². The molecule has 1 aromatic heterocycles. The molecular formula is C21H25N3O. The van der Waals surface area contributed by atoms with Gasteiger partial charge in [-0.1, -0.05) is 18.2 Å². The molecule has 2 aromatic rings. The predicted molar refractivity (Wildman–Crippen MR) is 102 cm³/mol. The number of amides is 1. The average Bonchev–Trinajstić information content (AvgIpc) is 2.82. The first-order chi connectivity index (χ1) is 11.8. The lowest BCUT2D eigenvalue weighted by Gasteiger charge is -2.13. The summed E-state index contributed by atoms with van der Waals surface area (Å²) < 4.78 is 2.20. The van der Waals surface area contributed by atoms with Gasteiger partial charge in [-0.3, -0.25) is 4.79 Å². The van der Waals surface area contributed by atoms with Gasteiger partial charge >= 0.3 is 0 Å². The Bertz CT molecular complexity index is 859. The molecule has 0 spiro atoms. The van der Waals surface area contributed by atoms with Gasteiger partial charge in [-0.15, -0.1) is 0 Å². The lowest BCUT2D eigenvalue weighted by atomic mass is 10.1. The van der Waals surface area contributed by atoms with E-state index in [-0.39, 0.29) is 11.5 Å². The van der Waals surface area contributed by atoms with Crippen molar-refractivity contribution in [2.45, 2.75) is 47.6 Å². The second-order valence-electron chi connectivity index (χ2n) is 6.68. The number of aryl methyl sites for hydroxylation is 3. The van der Waals surface area contributed by atoms with Crippen molar-refractivity contribution in [1.82, 2.24) is 4.57 Å². The summed E-state index contributed by atoms with van der Waals surface area (Å²) in [6.07, 6.45) is 1.67. The van der Waals surface area contributed by atoms with Crippen LogP contribution in [0.25, 0.3) is 6.08 Å². The Hall–Kier alpha value is -2.80. The third-order valence-electron chi connectivity index (χ3n) is 4.42. The van der Waals surface area contributed by atoms with E-state index in [1.807, 2.05) is 58.0 Å². The van der Waals surface area contributed by atoms with Crippen molar-refractivity contribution in [2.24, 2.45) is 0 Å². The number of rotatable bonds is 4. The van der Waals surface area contributed by atoms with E-state index in [1.165, 1.54) is 0 Å². The third kappa shape index (κ3) is 3.83. The first-order valence-electron chi connectivity index (χ1n) is 8.44. The quantitative estimate of drug-likeness (QED) is 0.641. The number of para-hydroxylation sites is 1. The molecule has 0 aliphatic carbocycles. The van der Waals surface area contributed by atoms with Crippen LogP contribution >= 0.6 is 0 Å². The number of nitriles is 1. The zero-order valence-electron chi connectivity index (χ0n) is 15.8. The van der Waals surface area contributed by atoms with Crippen LogP contribution in [0.5, 0.6) is 0 Å². The molecule has 130 valence electrons. The molecule has 1 N–H and O–H groups in total. The fourth-order valence-corrected chi connectivity index (χ4v) is 3.24. The maximum absolute atomic E-state index is 12.6. The SMILES string of the molecule is Cc1cccc(C)c1NC(=O)/C(C#N)=C/c1cc(C)n(C(C)C)c1C. The number of nitrogens with one attached hydrogen (secondary N) is 1. The maximum Gasteiger partial charge on any atom is 0.266 e. The number of hydrogen-bond acceptors (Lipinski definition) is 2. The van der Waals surface area contributed by atoms with Gasteiger partial charge in [-0.25, -0.2) is 0 Å². The van der Waals surface area contributed by atoms with E-state index >= 15 is 0 Å². The number of carbonyl (C=O) groups excluding carboxylic acids is 1. The lowest BCUT2D eigenvalue weighted by Crippen LogP contribution is -2.15. The van der Waals surface area contributed by atoms with Crippen molar-refractivity contribution in [3.8, 4) is 6.07 Å². The number of carbonyl (C=O) groups is 1. The van der Waals surface area contributed by atoms with Crippen molar-refractivity contribution in [2.75, 3.05) is 5.32 Å². The molecule has 0 fully saturated rings. The number of nitrogens with zero attached hydrogens (tertiary/aromatic N) is 2. The number of hydrogen-bond donors (Lipinski definition) is 1. The van der Waals surface area contributed by atoms with Crippen LogP contribution in [0.2, 0.25) is 0 Å². The highest BCUT2D eigenvalue weighted by atomic mass is 16.1. The molecule has 0 atom stereocenters. The zero-order chi connectivity index (χ0) is 18.7. The molecule has 0 radical (unpaired) electrons. The van der Waals surface area contributed by atoms with Crippen LogP contribution < -0.4 is 5.32 Å². The number of aromatic nitrogens is 1. The molecule has 1 amide bonds. The van der Waals surface area contributed by atoms with E-state index in [9.17, 15) is 10.1 Å². The molecule has 1 aromatic carbocycles. The molecule has 1 heterocycles. The van der Waals surface area contributed by atoms with Crippen molar-refractivity contribution in [3.05, 3.63) is 57.9 Å². The van der Waals surface area contributed by atoms with Gasteiger partial charge in [0.05, 0.1) is 0 Å². The minimum Gasteiger partial charge on any atom is -0.346 e.